The van der Waals surface area contributed by atoms with Crippen molar-refractivity contribution in [2.75, 3.05) is 18.4 Å². The summed E-state index contributed by atoms with van der Waals surface area (Å²) in [7, 11) is 0. The number of nitrogens with zero attached hydrogens (tertiary/aromatic N) is 1. The van der Waals surface area contributed by atoms with Crippen LogP contribution in [0.5, 0.6) is 0 Å². The first-order chi connectivity index (χ1) is 8.29. The van der Waals surface area contributed by atoms with Gasteiger partial charge in [0.1, 0.15) is 0 Å². The van der Waals surface area contributed by atoms with Gasteiger partial charge in [-0.2, -0.15) is 0 Å². The zero-order valence-electron chi connectivity index (χ0n) is 10.4. The number of nitrogens with one attached hydrogen (secondary N) is 1. The molecule has 0 aliphatic carbocycles. The molecular formula is C14H20N2O. The number of aryl methyl sites for hydroxylation is 1. The Morgan fingerprint density at radius 1 is 1.24 bits per heavy atom. The highest BCUT2D eigenvalue weighted by molar-refractivity contribution is 5.89. The van der Waals surface area contributed by atoms with Crippen LogP contribution < -0.4 is 5.32 Å². The molecule has 0 atom stereocenters. The average Bonchev–Trinajstić information content (AvgIpc) is 2.86. The first-order valence-corrected chi connectivity index (χ1v) is 6.44. The Morgan fingerprint density at radius 2 is 1.88 bits per heavy atom. The minimum Gasteiger partial charge on any atom is -0.325 e. The molecule has 2 rings (SSSR count). The summed E-state index contributed by atoms with van der Waals surface area (Å²) in [5, 5.41) is 2.94. The first kappa shape index (κ1) is 12.0. The van der Waals surface area contributed by atoms with E-state index in [4.69, 9.17) is 0 Å². The van der Waals surface area contributed by atoms with Crippen molar-refractivity contribution in [3.63, 3.8) is 0 Å². The lowest BCUT2D eigenvalue weighted by atomic mass is 10.1. The maximum atomic E-state index is 11.8. The van der Waals surface area contributed by atoms with Crippen LogP contribution in [0.25, 0.3) is 0 Å². The molecule has 1 fully saturated rings. The van der Waals surface area contributed by atoms with Crippen molar-refractivity contribution < 1.29 is 4.79 Å². The number of carbonyl (C=O) groups excluding carboxylic acids is 1. The van der Waals surface area contributed by atoms with E-state index in [0.29, 0.717) is 0 Å². The van der Waals surface area contributed by atoms with Gasteiger partial charge in [0.2, 0.25) is 0 Å². The van der Waals surface area contributed by atoms with Crippen LogP contribution in [-0.2, 0) is 6.42 Å². The smallest absolute Gasteiger partial charge is 0.321 e. The summed E-state index contributed by atoms with van der Waals surface area (Å²) in [6.07, 6.45) is 4.51. The molecule has 3 heteroatoms. The van der Waals surface area contributed by atoms with E-state index in [0.717, 1.165) is 44.5 Å². The Kier molecular flexibility index (Phi) is 4.02. The van der Waals surface area contributed by atoms with E-state index in [1.807, 2.05) is 17.0 Å². The average molecular weight is 232 g/mol. The number of likely N-dealkylation sites (tertiary alicyclic amines) is 1. The number of benzene rings is 1. The van der Waals surface area contributed by atoms with E-state index in [9.17, 15) is 4.79 Å². The van der Waals surface area contributed by atoms with Gasteiger partial charge in [-0.05, 0) is 37.0 Å². The molecule has 0 unspecified atom stereocenters. The van der Waals surface area contributed by atoms with Gasteiger partial charge in [-0.25, -0.2) is 4.79 Å². The number of hydrogen-bond donors (Lipinski definition) is 1. The van der Waals surface area contributed by atoms with E-state index in [2.05, 4.69) is 24.4 Å². The van der Waals surface area contributed by atoms with Crippen molar-refractivity contribution >= 4 is 11.7 Å². The minimum absolute atomic E-state index is 0.0331. The molecule has 0 bridgehead atoms. The fraction of sp³-hybridized carbons (Fsp3) is 0.500. The van der Waals surface area contributed by atoms with Crippen LogP contribution in [0.15, 0.2) is 24.3 Å². The van der Waals surface area contributed by atoms with Crippen molar-refractivity contribution in [2.45, 2.75) is 32.6 Å². The highest BCUT2D eigenvalue weighted by Crippen LogP contribution is 2.14. The maximum Gasteiger partial charge on any atom is 0.321 e. The molecule has 1 aromatic rings. The van der Waals surface area contributed by atoms with E-state index in [1.165, 1.54) is 5.56 Å². The lowest BCUT2D eigenvalue weighted by Crippen LogP contribution is -2.32. The second-order valence-electron chi connectivity index (χ2n) is 4.57. The summed E-state index contributed by atoms with van der Waals surface area (Å²) in [6.45, 7) is 3.95. The van der Waals surface area contributed by atoms with Crippen molar-refractivity contribution in [3.8, 4) is 0 Å². The Balaban J connectivity index is 1.91. The van der Waals surface area contributed by atoms with Gasteiger partial charge in [-0.3, -0.25) is 0 Å². The van der Waals surface area contributed by atoms with Crippen LogP contribution in [0.1, 0.15) is 31.7 Å². The second-order valence-corrected chi connectivity index (χ2v) is 4.57. The van der Waals surface area contributed by atoms with Crippen LogP contribution in [0.3, 0.4) is 0 Å². The molecule has 0 aromatic heterocycles. The maximum absolute atomic E-state index is 11.8. The number of anilines is 1. The van der Waals surface area contributed by atoms with Crippen LogP contribution >= 0.6 is 0 Å². The van der Waals surface area contributed by atoms with Gasteiger partial charge in [-0.1, -0.05) is 25.5 Å². The molecule has 0 radical (unpaired) electrons. The lowest BCUT2D eigenvalue weighted by Gasteiger charge is -2.16. The van der Waals surface area contributed by atoms with Gasteiger partial charge in [0, 0.05) is 18.8 Å². The highest BCUT2D eigenvalue weighted by Gasteiger charge is 2.17. The third-order valence-corrected chi connectivity index (χ3v) is 3.14. The molecule has 1 saturated heterocycles. The molecule has 1 aromatic carbocycles. The quantitative estimate of drug-likeness (QED) is 0.852. The molecular weight excluding hydrogens is 212 g/mol. The molecule has 1 heterocycles. The molecule has 92 valence electrons. The van der Waals surface area contributed by atoms with Gasteiger partial charge in [0.15, 0.2) is 0 Å². The number of urea groups is 1. The fourth-order valence-corrected chi connectivity index (χ4v) is 2.17. The van der Waals surface area contributed by atoms with Crippen molar-refractivity contribution in [1.82, 2.24) is 4.90 Å². The number of rotatable bonds is 3. The summed E-state index contributed by atoms with van der Waals surface area (Å²) >= 11 is 0. The Bertz CT molecular complexity index is 366. The van der Waals surface area contributed by atoms with Gasteiger partial charge >= 0.3 is 6.03 Å². The predicted octanol–water partition coefficient (Wildman–Crippen LogP) is 3.27. The van der Waals surface area contributed by atoms with Gasteiger partial charge in [0.25, 0.3) is 0 Å². The van der Waals surface area contributed by atoms with Crippen LogP contribution in [-0.4, -0.2) is 24.0 Å². The van der Waals surface area contributed by atoms with Crippen LogP contribution in [0, 0.1) is 0 Å². The van der Waals surface area contributed by atoms with E-state index in [1.54, 1.807) is 0 Å². The zero-order valence-corrected chi connectivity index (χ0v) is 10.4. The standard InChI is InChI=1S/C14H20N2O/c1-2-5-12-6-8-13(9-7-12)15-14(17)16-10-3-4-11-16/h6-9H,2-5,10-11H2,1H3,(H,15,17). The predicted molar refractivity (Wildman–Crippen MR) is 70.3 cm³/mol. The lowest BCUT2D eigenvalue weighted by molar-refractivity contribution is 0.222. The Hall–Kier alpha value is -1.51. The Morgan fingerprint density at radius 3 is 2.47 bits per heavy atom. The molecule has 0 saturated carbocycles. The molecule has 1 aliphatic rings. The zero-order chi connectivity index (χ0) is 12.1. The van der Waals surface area contributed by atoms with Crippen LogP contribution in [0.2, 0.25) is 0 Å². The summed E-state index contributed by atoms with van der Waals surface area (Å²) in [5.74, 6) is 0. The summed E-state index contributed by atoms with van der Waals surface area (Å²) in [4.78, 5) is 13.7. The fourth-order valence-electron chi connectivity index (χ4n) is 2.17. The largest absolute Gasteiger partial charge is 0.325 e. The third kappa shape index (κ3) is 3.22. The molecule has 0 spiro atoms. The van der Waals surface area contributed by atoms with Crippen molar-refractivity contribution in [3.05, 3.63) is 29.8 Å². The molecule has 3 nitrogen and oxygen atoms in total. The third-order valence-electron chi connectivity index (χ3n) is 3.14. The van der Waals surface area contributed by atoms with E-state index >= 15 is 0 Å². The summed E-state index contributed by atoms with van der Waals surface area (Å²) < 4.78 is 0. The normalized spacial score (nSPS) is 15.0. The van der Waals surface area contributed by atoms with E-state index in [-0.39, 0.29) is 6.03 Å². The molecule has 17 heavy (non-hydrogen) atoms. The Labute approximate surface area is 103 Å². The van der Waals surface area contributed by atoms with Crippen LogP contribution in [0.4, 0.5) is 10.5 Å². The molecule has 1 N–H and O–H groups in total. The van der Waals surface area contributed by atoms with Gasteiger partial charge in [-0.15, -0.1) is 0 Å². The first-order valence-electron chi connectivity index (χ1n) is 6.44. The monoisotopic (exact) mass is 232 g/mol. The summed E-state index contributed by atoms with van der Waals surface area (Å²) in [6, 6.07) is 8.18. The minimum atomic E-state index is 0.0331. The van der Waals surface area contributed by atoms with Crippen molar-refractivity contribution in [2.24, 2.45) is 0 Å². The molecule has 1 aliphatic heterocycles. The number of carbonyl (C=O) groups is 1. The van der Waals surface area contributed by atoms with E-state index < -0.39 is 0 Å². The molecule has 2 amide bonds. The number of hydrogen-bond acceptors (Lipinski definition) is 1. The SMILES string of the molecule is CCCc1ccc(NC(=O)N2CCCC2)cc1. The van der Waals surface area contributed by atoms with Gasteiger partial charge < -0.3 is 10.2 Å². The topological polar surface area (TPSA) is 32.3 Å². The van der Waals surface area contributed by atoms with Crippen molar-refractivity contribution in [1.29, 1.82) is 0 Å². The number of amides is 2. The van der Waals surface area contributed by atoms with Gasteiger partial charge in [0.05, 0.1) is 0 Å². The summed E-state index contributed by atoms with van der Waals surface area (Å²) in [5.41, 5.74) is 2.22. The highest BCUT2D eigenvalue weighted by atomic mass is 16.2. The second kappa shape index (κ2) is 5.71.